The van der Waals surface area contributed by atoms with Gasteiger partial charge in [0, 0.05) is 23.3 Å². The van der Waals surface area contributed by atoms with E-state index in [0.29, 0.717) is 17.4 Å². The van der Waals surface area contributed by atoms with Gasteiger partial charge in [-0.1, -0.05) is 36.9 Å². The number of benzene rings is 1. The largest absolute Gasteiger partial charge is 0.335 e. The van der Waals surface area contributed by atoms with Crippen LogP contribution in [-0.2, 0) is 6.54 Å². The van der Waals surface area contributed by atoms with Crippen molar-refractivity contribution in [3.63, 3.8) is 0 Å². The van der Waals surface area contributed by atoms with Crippen LogP contribution >= 0.6 is 11.6 Å². The molecule has 0 atom stereocenters. The molecule has 3 rings (SSSR count). The van der Waals surface area contributed by atoms with Crippen LogP contribution in [-0.4, -0.2) is 21.9 Å². The third kappa shape index (κ3) is 4.47. The number of carbonyl (C=O) groups excluding carboxylic acids is 1. The number of carbonyl (C=O) groups is 1. The zero-order valence-electron chi connectivity index (χ0n) is 13.3. The SMILES string of the molecule is O=C(Nc1ccn(Cc2ccc(F)cc2Cl)n1)NC1CCCCC1. The fraction of sp³-hybridized carbons (Fsp3) is 0.412. The van der Waals surface area contributed by atoms with Crippen LogP contribution in [0.1, 0.15) is 37.7 Å². The van der Waals surface area contributed by atoms with Crippen LogP contribution in [0, 0.1) is 5.82 Å². The van der Waals surface area contributed by atoms with E-state index >= 15 is 0 Å². The second-order valence-corrected chi connectivity index (χ2v) is 6.47. The van der Waals surface area contributed by atoms with Crippen molar-refractivity contribution in [3.05, 3.63) is 46.9 Å². The summed E-state index contributed by atoms with van der Waals surface area (Å²) in [6.45, 7) is 0.408. The normalized spacial score (nSPS) is 15.2. The zero-order valence-corrected chi connectivity index (χ0v) is 14.0. The second kappa shape index (κ2) is 7.66. The Kier molecular flexibility index (Phi) is 5.35. The quantitative estimate of drug-likeness (QED) is 0.869. The minimum atomic E-state index is -0.369. The minimum Gasteiger partial charge on any atom is -0.335 e. The van der Waals surface area contributed by atoms with E-state index < -0.39 is 0 Å². The van der Waals surface area contributed by atoms with E-state index in [2.05, 4.69) is 15.7 Å². The molecule has 1 aliphatic carbocycles. The van der Waals surface area contributed by atoms with Crippen LogP contribution in [0.25, 0.3) is 0 Å². The summed E-state index contributed by atoms with van der Waals surface area (Å²) >= 11 is 6.02. The zero-order chi connectivity index (χ0) is 16.9. The smallest absolute Gasteiger partial charge is 0.320 e. The van der Waals surface area contributed by atoms with Crippen LogP contribution in [0.4, 0.5) is 15.0 Å². The van der Waals surface area contributed by atoms with Crippen LogP contribution in [0.2, 0.25) is 5.02 Å². The summed E-state index contributed by atoms with van der Waals surface area (Å²) in [7, 11) is 0. The fourth-order valence-corrected chi connectivity index (χ4v) is 3.15. The van der Waals surface area contributed by atoms with E-state index in [0.717, 1.165) is 31.2 Å². The van der Waals surface area contributed by atoms with E-state index in [1.165, 1.54) is 18.6 Å². The highest BCUT2D eigenvalue weighted by Gasteiger charge is 2.16. The summed E-state index contributed by atoms with van der Waals surface area (Å²) in [6.07, 6.45) is 7.39. The van der Waals surface area contributed by atoms with Gasteiger partial charge in [-0.2, -0.15) is 5.10 Å². The van der Waals surface area contributed by atoms with E-state index in [4.69, 9.17) is 11.6 Å². The molecule has 7 heteroatoms. The molecule has 0 bridgehead atoms. The number of nitrogens with one attached hydrogen (secondary N) is 2. The lowest BCUT2D eigenvalue weighted by atomic mass is 9.96. The maximum atomic E-state index is 13.1. The molecule has 1 aliphatic rings. The maximum absolute atomic E-state index is 13.1. The first-order valence-electron chi connectivity index (χ1n) is 8.15. The number of anilines is 1. The average Bonchev–Trinajstić information content (AvgIpc) is 2.98. The van der Waals surface area contributed by atoms with Gasteiger partial charge < -0.3 is 5.32 Å². The van der Waals surface area contributed by atoms with Crippen molar-refractivity contribution in [1.29, 1.82) is 0 Å². The first kappa shape index (κ1) is 16.8. The summed E-state index contributed by atoms with van der Waals surface area (Å²) in [5.41, 5.74) is 0.763. The van der Waals surface area contributed by atoms with Crippen LogP contribution in [0.5, 0.6) is 0 Å². The van der Waals surface area contributed by atoms with Gasteiger partial charge >= 0.3 is 6.03 Å². The Morgan fingerprint density at radius 1 is 1.29 bits per heavy atom. The van der Waals surface area contributed by atoms with Gasteiger partial charge in [0.05, 0.1) is 6.54 Å². The molecule has 1 fully saturated rings. The average molecular weight is 351 g/mol. The van der Waals surface area contributed by atoms with Gasteiger partial charge in [0.1, 0.15) is 5.82 Å². The Balaban J connectivity index is 1.55. The molecule has 24 heavy (non-hydrogen) atoms. The fourth-order valence-electron chi connectivity index (χ4n) is 2.93. The number of hydrogen-bond donors (Lipinski definition) is 2. The van der Waals surface area contributed by atoms with Gasteiger partial charge in [-0.05, 0) is 30.5 Å². The molecule has 0 radical (unpaired) electrons. The lowest BCUT2D eigenvalue weighted by Gasteiger charge is -2.22. The van der Waals surface area contributed by atoms with Crippen molar-refractivity contribution in [1.82, 2.24) is 15.1 Å². The molecular weight excluding hydrogens is 331 g/mol. The number of halogens is 2. The van der Waals surface area contributed by atoms with E-state index in [1.807, 2.05) is 0 Å². The second-order valence-electron chi connectivity index (χ2n) is 6.07. The Morgan fingerprint density at radius 3 is 2.83 bits per heavy atom. The predicted octanol–water partition coefficient (Wildman–Crippen LogP) is 4.18. The highest BCUT2D eigenvalue weighted by Crippen LogP contribution is 2.19. The molecule has 2 N–H and O–H groups in total. The molecule has 1 heterocycles. The van der Waals surface area contributed by atoms with Crippen molar-refractivity contribution < 1.29 is 9.18 Å². The van der Waals surface area contributed by atoms with E-state index in [9.17, 15) is 9.18 Å². The minimum absolute atomic E-state index is 0.230. The number of hydrogen-bond acceptors (Lipinski definition) is 2. The van der Waals surface area contributed by atoms with Crippen molar-refractivity contribution in [2.75, 3.05) is 5.32 Å². The Labute approximate surface area is 145 Å². The van der Waals surface area contributed by atoms with Gasteiger partial charge in [-0.15, -0.1) is 0 Å². The van der Waals surface area contributed by atoms with Gasteiger partial charge in [0.15, 0.2) is 5.82 Å². The molecule has 2 aromatic rings. The van der Waals surface area contributed by atoms with E-state index in [1.54, 1.807) is 23.0 Å². The Bertz CT molecular complexity index is 712. The molecule has 2 amide bonds. The summed E-state index contributed by atoms with van der Waals surface area (Å²) in [4.78, 5) is 12.0. The van der Waals surface area contributed by atoms with Crippen LogP contribution < -0.4 is 10.6 Å². The standard InChI is InChI=1S/C17H20ClFN4O/c18-15-10-13(19)7-6-12(15)11-23-9-8-16(22-23)21-17(24)20-14-4-2-1-3-5-14/h6-10,14H,1-5,11H2,(H2,20,21,22,24). The molecule has 0 spiro atoms. The van der Waals surface area contributed by atoms with Gasteiger partial charge in [-0.3, -0.25) is 10.00 Å². The highest BCUT2D eigenvalue weighted by atomic mass is 35.5. The summed E-state index contributed by atoms with van der Waals surface area (Å²) < 4.78 is 14.7. The van der Waals surface area contributed by atoms with Gasteiger partial charge in [0.25, 0.3) is 0 Å². The van der Waals surface area contributed by atoms with Crippen LogP contribution in [0.15, 0.2) is 30.5 Å². The first-order chi connectivity index (χ1) is 11.6. The Morgan fingerprint density at radius 2 is 2.08 bits per heavy atom. The number of amides is 2. The molecular formula is C17H20ClFN4O. The summed E-state index contributed by atoms with van der Waals surface area (Å²) in [5.74, 6) is 0.104. The Hall–Kier alpha value is -2.08. The van der Waals surface area contributed by atoms with E-state index in [-0.39, 0.29) is 17.9 Å². The predicted molar refractivity (Wildman–Crippen MR) is 91.8 cm³/mol. The molecule has 0 saturated heterocycles. The molecule has 1 aromatic carbocycles. The molecule has 128 valence electrons. The molecule has 0 aliphatic heterocycles. The third-order valence-corrected chi connectivity index (χ3v) is 4.52. The highest BCUT2D eigenvalue weighted by molar-refractivity contribution is 6.31. The monoisotopic (exact) mass is 350 g/mol. The van der Waals surface area contributed by atoms with Crippen molar-refractivity contribution in [3.8, 4) is 0 Å². The van der Waals surface area contributed by atoms with Crippen molar-refractivity contribution >= 4 is 23.4 Å². The third-order valence-electron chi connectivity index (χ3n) is 4.17. The topological polar surface area (TPSA) is 59.0 Å². The number of rotatable bonds is 4. The number of aromatic nitrogens is 2. The molecule has 1 saturated carbocycles. The van der Waals surface area contributed by atoms with Crippen LogP contribution in [0.3, 0.4) is 0 Å². The van der Waals surface area contributed by atoms with Gasteiger partial charge in [-0.25, -0.2) is 9.18 Å². The first-order valence-corrected chi connectivity index (χ1v) is 8.53. The molecule has 1 aromatic heterocycles. The van der Waals surface area contributed by atoms with Crippen molar-refractivity contribution in [2.45, 2.75) is 44.7 Å². The lowest BCUT2D eigenvalue weighted by molar-refractivity contribution is 0.244. The molecule has 0 unspecified atom stereocenters. The summed E-state index contributed by atoms with van der Waals surface area (Å²) in [5, 5.41) is 10.4. The lowest BCUT2D eigenvalue weighted by Crippen LogP contribution is -2.39. The molecule has 5 nitrogen and oxygen atoms in total. The number of nitrogens with zero attached hydrogens (tertiary/aromatic N) is 2. The maximum Gasteiger partial charge on any atom is 0.320 e. The van der Waals surface area contributed by atoms with Gasteiger partial charge in [0.2, 0.25) is 0 Å². The number of urea groups is 1. The summed E-state index contributed by atoms with van der Waals surface area (Å²) in [6, 6.07) is 6.00. The van der Waals surface area contributed by atoms with Crippen molar-refractivity contribution in [2.24, 2.45) is 0 Å².